The fraction of sp³-hybridized carbons (Fsp3) is 0.263. The zero-order valence-electron chi connectivity index (χ0n) is 28.3. The lowest BCUT2D eigenvalue weighted by molar-refractivity contribution is -0.138. The highest BCUT2D eigenvalue weighted by Crippen LogP contribution is 2.31. The molecule has 4 aromatic rings. The fourth-order valence-electron chi connectivity index (χ4n) is 5.77. The van der Waals surface area contributed by atoms with Gasteiger partial charge < -0.3 is 40.3 Å². The van der Waals surface area contributed by atoms with Crippen LogP contribution in [-0.4, -0.2) is 67.7 Å². The lowest BCUT2D eigenvalue weighted by atomic mass is 10.1. The third-order valence-electron chi connectivity index (χ3n) is 8.43. The molecule has 1 heterocycles. The second-order valence-electron chi connectivity index (χ2n) is 12.0. The average molecular weight is 680 g/mol. The van der Waals surface area contributed by atoms with Crippen LogP contribution in [0.4, 0.5) is 27.5 Å². The minimum Gasteiger partial charge on any atom is -0.493 e. The molecule has 0 saturated heterocycles. The molecule has 4 amide bonds. The van der Waals surface area contributed by atoms with E-state index in [9.17, 15) is 24.3 Å². The molecule has 12 nitrogen and oxygen atoms in total. The predicted molar refractivity (Wildman–Crippen MR) is 192 cm³/mol. The lowest BCUT2D eigenvalue weighted by Crippen LogP contribution is -2.38. The molecule has 4 aromatic carbocycles. The first-order chi connectivity index (χ1) is 24.1. The van der Waals surface area contributed by atoms with Crippen molar-refractivity contribution in [2.45, 2.75) is 32.7 Å². The Bertz CT molecular complexity index is 1860. The van der Waals surface area contributed by atoms with E-state index in [4.69, 9.17) is 9.47 Å². The highest BCUT2D eigenvalue weighted by molar-refractivity contribution is 6.00. The quantitative estimate of drug-likeness (QED) is 0.141. The Morgan fingerprint density at radius 2 is 1.48 bits per heavy atom. The second-order valence-corrected chi connectivity index (χ2v) is 12.0. The molecule has 5 rings (SSSR count). The van der Waals surface area contributed by atoms with Crippen molar-refractivity contribution < 1.29 is 33.8 Å². The molecular formula is C38H41N5O7. The van der Waals surface area contributed by atoms with Crippen molar-refractivity contribution in [2.24, 2.45) is 0 Å². The van der Waals surface area contributed by atoms with Gasteiger partial charge in [-0.25, -0.2) is 4.79 Å². The standard InChI is InChI=1S/C38H41N5O7/c1-25-6-4-5-7-31(25)41-38(48)40-29-11-8-26(9-12-29)21-35(44)39-30-13-14-32-28(22-30)23-43(19-17-37(46)47)36(45)24-42(32)18-16-27-10-15-33(49-2)34(20-27)50-3/h4-15,20,22H,16-19,21,23-24H2,1-3H3,(H,39,44)(H,46,47)(H2,40,41,48). The summed E-state index contributed by atoms with van der Waals surface area (Å²) in [4.78, 5) is 53.7. The number of urea groups is 1. The van der Waals surface area contributed by atoms with Gasteiger partial charge in [0.15, 0.2) is 11.5 Å². The van der Waals surface area contributed by atoms with E-state index in [0.717, 1.165) is 33.6 Å². The van der Waals surface area contributed by atoms with Crippen LogP contribution in [0.5, 0.6) is 11.5 Å². The Morgan fingerprint density at radius 1 is 0.760 bits per heavy atom. The van der Waals surface area contributed by atoms with Gasteiger partial charge in [-0.15, -0.1) is 0 Å². The van der Waals surface area contributed by atoms with Crippen LogP contribution in [-0.2, 0) is 33.8 Å². The van der Waals surface area contributed by atoms with E-state index in [0.29, 0.717) is 35.8 Å². The van der Waals surface area contributed by atoms with Crippen molar-refractivity contribution >= 4 is 46.6 Å². The second kappa shape index (κ2) is 16.4. The molecule has 4 N–H and O–H groups in total. The number of carboxylic acid groups (broad SMARTS) is 1. The van der Waals surface area contributed by atoms with E-state index in [1.807, 2.05) is 66.4 Å². The van der Waals surface area contributed by atoms with E-state index >= 15 is 0 Å². The maximum atomic E-state index is 13.3. The maximum absolute atomic E-state index is 13.3. The summed E-state index contributed by atoms with van der Waals surface area (Å²) >= 11 is 0. The third-order valence-corrected chi connectivity index (χ3v) is 8.43. The minimum absolute atomic E-state index is 0.0755. The van der Waals surface area contributed by atoms with Gasteiger partial charge in [-0.05, 0) is 84.1 Å². The number of carbonyl (C=O) groups excluding carboxylic acids is 3. The van der Waals surface area contributed by atoms with Crippen LogP contribution in [0, 0.1) is 6.92 Å². The summed E-state index contributed by atoms with van der Waals surface area (Å²) < 4.78 is 10.8. The summed E-state index contributed by atoms with van der Waals surface area (Å²) in [6, 6.07) is 25.4. The average Bonchev–Trinajstić information content (AvgIpc) is 3.23. The molecule has 0 fully saturated rings. The molecule has 50 heavy (non-hydrogen) atoms. The number of anilines is 4. The van der Waals surface area contributed by atoms with Crippen LogP contribution in [0.25, 0.3) is 0 Å². The Hall–Kier alpha value is -6.04. The number of aryl methyl sites for hydroxylation is 1. The molecule has 0 unspecified atom stereocenters. The van der Waals surface area contributed by atoms with Crippen molar-refractivity contribution in [1.29, 1.82) is 0 Å². The Balaban J connectivity index is 1.25. The van der Waals surface area contributed by atoms with Crippen molar-refractivity contribution in [3.8, 4) is 11.5 Å². The van der Waals surface area contributed by atoms with Crippen LogP contribution >= 0.6 is 0 Å². The highest BCUT2D eigenvalue weighted by Gasteiger charge is 2.26. The summed E-state index contributed by atoms with van der Waals surface area (Å²) in [6.45, 7) is 2.81. The van der Waals surface area contributed by atoms with Gasteiger partial charge in [-0.3, -0.25) is 14.4 Å². The fourth-order valence-corrected chi connectivity index (χ4v) is 5.77. The summed E-state index contributed by atoms with van der Waals surface area (Å²) in [6.07, 6.45) is 0.550. The van der Waals surface area contributed by atoms with Gasteiger partial charge in [-0.2, -0.15) is 0 Å². The third kappa shape index (κ3) is 9.31. The van der Waals surface area contributed by atoms with Gasteiger partial charge >= 0.3 is 12.0 Å². The topological polar surface area (TPSA) is 150 Å². The van der Waals surface area contributed by atoms with E-state index in [2.05, 4.69) is 16.0 Å². The molecule has 1 aliphatic heterocycles. The summed E-state index contributed by atoms with van der Waals surface area (Å²) in [5.74, 6) is -0.149. The van der Waals surface area contributed by atoms with Crippen molar-refractivity contribution in [1.82, 2.24) is 4.90 Å². The first-order valence-corrected chi connectivity index (χ1v) is 16.2. The predicted octanol–water partition coefficient (Wildman–Crippen LogP) is 5.70. The van der Waals surface area contributed by atoms with Gasteiger partial charge in [0.2, 0.25) is 11.8 Å². The maximum Gasteiger partial charge on any atom is 0.323 e. The number of methoxy groups -OCH3 is 2. The van der Waals surface area contributed by atoms with Gasteiger partial charge in [0.05, 0.1) is 33.6 Å². The van der Waals surface area contributed by atoms with Crippen LogP contribution in [0.2, 0.25) is 0 Å². The number of hydrogen-bond donors (Lipinski definition) is 4. The highest BCUT2D eigenvalue weighted by atomic mass is 16.5. The van der Waals surface area contributed by atoms with Crippen molar-refractivity contribution in [3.05, 3.63) is 107 Å². The molecule has 1 aliphatic rings. The molecule has 0 saturated carbocycles. The molecule has 0 aliphatic carbocycles. The number of nitrogens with one attached hydrogen (secondary N) is 3. The molecule has 0 bridgehead atoms. The largest absolute Gasteiger partial charge is 0.493 e. The van der Waals surface area contributed by atoms with Gasteiger partial charge in [0.25, 0.3) is 0 Å². The molecule has 0 aromatic heterocycles. The normalized spacial score (nSPS) is 12.4. The van der Waals surface area contributed by atoms with E-state index in [1.54, 1.807) is 49.5 Å². The van der Waals surface area contributed by atoms with E-state index in [1.165, 1.54) is 0 Å². The number of rotatable bonds is 13. The molecule has 0 atom stereocenters. The molecular weight excluding hydrogens is 638 g/mol. The molecule has 12 heteroatoms. The summed E-state index contributed by atoms with van der Waals surface area (Å²) in [5, 5.41) is 17.9. The van der Waals surface area contributed by atoms with Crippen LogP contribution in [0.3, 0.4) is 0 Å². The molecule has 0 spiro atoms. The van der Waals surface area contributed by atoms with Gasteiger partial charge in [0.1, 0.15) is 0 Å². The number of amides is 4. The van der Waals surface area contributed by atoms with Gasteiger partial charge in [-0.1, -0.05) is 36.4 Å². The first kappa shape index (κ1) is 35.3. The minimum atomic E-state index is -0.983. The number of aliphatic carboxylic acids is 1. The van der Waals surface area contributed by atoms with Crippen molar-refractivity contribution in [3.63, 3.8) is 0 Å². The number of carbonyl (C=O) groups is 4. The summed E-state index contributed by atoms with van der Waals surface area (Å²) in [7, 11) is 3.16. The number of para-hydroxylation sites is 1. The van der Waals surface area contributed by atoms with E-state index < -0.39 is 5.97 Å². The first-order valence-electron chi connectivity index (χ1n) is 16.2. The smallest absolute Gasteiger partial charge is 0.323 e. The number of hydrogen-bond acceptors (Lipinski definition) is 7. The Labute approximate surface area is 291 Å². The Morgan fingerprint density at radius 3 is 2.20 bits per heavy atom. The van der Waals surface area contributed by atoms with Crippen molar-refractivity contribution in [2.75, 3.05) is 54.7 Å². The molecule has 260 valence electrons. The molecule has 0 radical (unpaired) electrons. The van der Waals surface area contributed by atoms with Crippen LogP contribution < -0.4 is 30.3 Å². The van der Waals surface area contributed by atoms with E-state index in [-0.39, 0.29) is 50.3 Å². The number of benzene rings is 4. The lowest BCUT2D eigenvalue weighted by Gasteiger charge is -2.24. The SMILES string of the molecule is COc1ccc(CCN2CC(=O)N(CCC(=O)O)Cc3cc(NC(=O)Cc4ccc(NC(=O)Nc5ccccc5C)cc4)ccc32)cc1OC. The zero-order valence-corrected chi connectivity index (χ0v) is 28.3. The monoisotopic (exact) mass is 679 g/mol. The Kier molecular flexibility index (Phi) is 11.6. The zero-order chi connectivity index (χ0) is 35.6. The number of fused-ring (bicyclic) bond motifs is 1. The summed E-state index contributed by atoms with van der Waals surface area (Å²) in [5.41, 5.74) is 6.21. The number of nitrogens with zero attached hydrogens (tertiary/aromatic N) is 2. The number of ether oxygens (including phenoxy) is 2. The number of carboxylic acids is 1. The van der Waals surface area contributed by atoms with Crippen LogP contribution in [0.15, 0.2) is 84.9 Å². The van der Waals surface area contributed by atoms with Crippen LogP contribution in [0.1, 0.15) is 28.7 Å². The van der Waals surface area contributed by atoms with Gasteiger partial charge in [0, 0.05) is 42.4 Å².